The molecule has 0 spiro atoms. The number of nitrogens with zero attached hydrogens (tertiary/aromatic N) is 1. The molecule has 0 amide bonds. The average Bonchev–Trinajstić information content (AvgIpc) is 2.40. The van der Waals surface area contributed by atoms with E-state index in [9.17, 15) is 10.1 Å². The summed E-state index contributed by atoms with van der Waals surface area (Å²) in [6.45, 7) is 0.342. The number of benzene rings is 2. The zero-order valence-electron chi connectivity index (χ0n) is 9.77. The highest BCUT2D eigenvalue weighted by Gasteiger charge is 2.11. The summed E-state index contributed by atoms with van der Waals surface area (Å²) in [5, 5.41) is 14.9. The molecule has 2 rings (SSSR count). The van der Waals surface area contributed by atoms with Gasteiger partial charge in [0.1, 0.15) is 0 Å². The third-order valence-electron chi connectivity index (χ3n) is 2.59. The van der Waals surface area contributed by atoms with Gasteiger partial charge in [0, 0.05) is 23.9 Å². The molecule has 0 unspecified atom stereocenters. The van der Waals surface area contributed by atoms with Gasteiger partial charge in [0.2, 0.25) is 0 Å². The van der Waals surface area contributed by atoms with Crippen molar-refractivity contribution < 1.29 is 4.92 Å². The molecule has 98 valence electrons. The van der Waals surface area contributed by atoms with Gasteiger partial charge in [0.05, 0.1) is 15.0 Å². The van der Waals surface area contributed by atoms with Gasteiger partial charge in [-0.25, -0.2) is 0 Å². The Kier molecular flexibility index (Phi) is 4.24. The number of nitro benzene ring substituents is 1. The summed E-state index contributed by atoms with van der Waals surface area (Å²) in [5.41, 5.74) is 1.46. The number of hydrogen-bond acceptors (Lipinski definition) is 3. The van der Waals surface area contributed by atoms with Gasteiger partial charge in [0.15, 0.2) is 0 Å². The fourth-order valence-electron chi connectivity index (χ4n) is 1.64. The lowest BCUT2D eigenvalue weighted by Crippen LogP contribution is -2.02. The van der Waals surface area contributed by atoms with Gasteiger partial charge in [-0.05, 0) is 18.2 Å². The van der Waals surface area contributed by atoms with Crippen LogP contribution < -0.4 is 5.32 Å². The van der Waals surface area contributed by atoms with E-state index in [0.29, 0.717) is 22.2 Å². The van der Waals surface area contributed by atoms with Crippen molar-refractivity contribution in [2.24, 2.45) is 0 Å². The van der Waals surface area contributed by atoms with Crippen molar-refractivity contribution in [1.29, 1.82) is 0 Å². The number of anilines is 1. The molecular formula is C13H10Cl2N2O2. The summed E-state index contributed by atoms with van der Waals surface area (Å²) < 4.78 is 0. The van der Waals surface area contributed by atoms with Crippen LogP contribution in [0.2, 0.25) is 10.0 Å². The molecule has 4 nitrogen and oxygen atoms in total. The lowest BCUT2D eigenvalue weighted by molar-refractivity contribution is -0.385. The van der Waals surface area contributed by atoms with Crippen LogP contribution in [0.4, 0.5) is 11.4 Å². The van der Waals surface area contributed by atoms with Crippen molar-refractivity contribution >= 4 is 34.6 Å². The highest BCUT2D eigenvalue weighted by molar-refractivity contribution is 6.42. The number of nitrogens with one attached hydrogen (secondary N) is 1. The van der Waals surface area contributed by atoms with E-state index in [0.717, 1.165) is 5.69 Å². The topological polar surface area (TPSA) is 55.2 Å². The molecule has 0 radical (unpaired) electrons. The fraction of sp³-hybridized carbons (Fsp3) is 0.0769. The molecule has 2 aromatic rings. The molecule has 0 fully saturated rings. The summed E-state index contributed by atoms with van der Waals surface area (Å²) in [7, 11) is 0. The number of halogens is 2. The van der Waals surface area contributed by atoms with E-state index in [-0.39, 0.29) is 5.69 Å². The summed E-state index contributed by atoms with van der Waals surface area (Å²) in [6.07, 6.45) is 0. The largest absolute Gasteiger partial charge is 0.381 e. The third-order valence-corrected chi connectivity index (χ3v) is 3.33. The Morgan fingerprint density at radius 3 is 2.53 bits per heavy atom. The molecule has 6 heteroatoms. The SMILES string of the molecule is O=[N+]([O-])c1ccccc1CNc1ccc(Cl)c(Cl)c1. The molecule has 0 heterocycles. The third kappa shape index (κ3) is 3.36. The van der Waals surface area contributed by atoms with Gasteiger partial charge >= 0.3 is 0 Å². The van der Waals surface area contributed by atoms with Gasteiger partial charge in [-0.15, -0.1) is 0 Å². The molecule has 0 aliphatic rings. The van der Waals surface area contributed by atoms with Crippen molar-refractivity contribution in [1.82, 2.24) is 0 Å². The molecule has 1 N–H and O–H groups in total. The summed E-state index contributed by atoms with van der Waals surface area (Å²) in [6, 6.07) is 11.7. The first-order valence-corrected chi connectivity index (χ1v) is 6.25. The Morgan fingerprint density at radius 1 is 1.11 bits per heavy atom. The molecule has 0 aromatic heterocycles. The smallest absolute Gasteiger partial charge is 0.274 e. The van der Waals surface area contributed by atoms with Crippen LogP contribution in [0.25, 0.3) is 0 Å². The first-order valence-electron chi connectivity index (χ1n) is 5.49. The standard InChI is InChI=1S/C13H10Cl2N2O2/c14-11-6-5-10(7-12(11)15)16-8-9-3-1-2-4-13(9)17(18)19/h1-7,16H,8H2. The highest BCUT2D eigenvalue weighted by Crippen LogP contribution is 2.26. The Morgan fingerprint density at radius 2 is 1.84 bits per heavy atom. The van der Waals surface area contributed by atoms with Crippen LogP contribution >= 0.6 is 23.2 Å². The number of para-hydroxylation sites is 1. The number of hydrogen-bond donors (Lipinski definition) is 1. The molecule has 0 bridgehead atoms. The molecule has 19 heavy (non-hydrogen) atoms. The molecule has 0 saturated carbocycles. The van der Waals surface area contributed by atoms with Crippen LogP contribution in [0.15, 0.2) is 42.5 Å². The maximum absolute atomic E-state index is 10.9. The highest BCUT2D eigenvalue weighted by atomic mass is 35.5. The zero-order valence-corrected chi connectivity index (χ0v) is 11.3. The minimum absolute atomic E-state index is 0.0926. The second-order valence-electron chi connectivity index (χ2n) is 3.87. The van der Waals surface area contributed by atoms with E-state index in [2.05, 4.69) is 5.32 Å². The monoisotopic (exact) mass is 296 g/mol. The van der Waals surface area contributed by atoms with E-state index in [1.807, 2.05) is 0 Å². The zero-order chi connectivity index (χ0) is 13.8. The van der Waals surface area contributed by atoms with Crippen LogP contribution in [0.3, 0.4) is 0 Å². The fourth-order valence-corrected chi connectivity index (χ4v) is 1.94. The minimum atomic E-state index is -0.397. The van der Waals surface area contributed by atoms with Crippen LogP contribution in [0.1, 0.15) is 5.56 Å². The van der Waals surface area contributed by atoms with Crippen molar-refractivity contribution in [3.63, 3.8) is 0 Å². The van der Waals surface area contributed by atoms with Gasteiger partial charge < -0.3 is 5.32 Å². The minimum Gasteiger partial charge on any atom is -0.381 e. The van der Waals surface area contributed by atoms with Gasteiger partial charge in [-0.1, -0.05) is 41.4 Å². The number of nitro groups is 1. The lowest BCUT2D eigenvalue weighted by atomic mass is 10.2. The maximum Gasteiger partial charge on any atom is 0.274 e. The molecule has 0 atom stereocenters. The average molecular weight is 297 g/mol. The predicted octanol–water partition coefficient (Wildman–Crippen LogP) is 4.51. The molecular weight excluding hydrogens is 287 g/mol. The molecule has 0 aliphatic carbocycles. The van der Waals surface area contributed by atoms with E-state index in [1.54, 1.807) is 36.4 Å². The lowest BCUT2D eigenvalue weighted by Gasteiger charge is -2.08. The Labute approximate surface area is 120 Å². The normalized spacial score (nSPS) is 10.2. The van der Waals surface area contributed by atoms with Crippen molar-refractivity contribution in [3.05, 3.63) is 68.2 Å². The van der Waals surface area contributed by atoms with Crippen LogP contribution in [-0.2, 0) is 6.54 Å². The Bertz CT molecular complexity index is 617. The molecule has 0 saturated heterocycles. The van der Waals surface area contributed by atoms with E-state index in [4.69, 9.17) is 23.2 Å². The summed E-state index contributed by atoms with van der Waals surface area (Å²) in [4.78, 5) is 10.5. The first kappa shape index (κ1) is 13.6. The second-order valence-corrected chi connectivity index (χ2v) is 4.68. The number of rotatable bonds is 4. The Hall–Kier alpha value is -1.78. The van der Waals surface area contributed by atoms with Crippen molar-refractivity contribution in [2.45, 2.75) is 6.54 Å². The maximum atomic E-state index is 10.9. The van der Waals surface area contributed by atoms with Gasteiger partial charge in [-0.3, -0.25) is 10.1 Å². The summed E-state index contributed by atoms with van der Waals surface area (Å²) in [5.74, 6) is 0. The van der Waals surface area contributed by atoms with Crippen LogP contribution in [0, 0.1) is 10.1 Å². The van der Waals surface area contributed by atoms with Crippen LogP contribution in [0.5, 0.6) is 0 Å². The first-order chi connectivity index (χ1) is 9.08. The molecule has 2 aromatic carbocycles. The van der Waals surface area contributed by atoms with Gasteiger partial charge in [0.25, 0.3) is 5.69 Å². The second kappa shape index (κ2) is 5.91. The Balaban J connectivity index is 2.14. The quantitative estimate of drug-likeness (QED) is 0.667. The predicted molar refractivity (Wildman–Crippen MR) is 76.9 cm³/mol. The summed E-state index contributed by atoms with van der Waals surface area (Å²) >= 11 is 11.7. The van der Waals surface area contributed by atoms with Crippen molar-refractivity contribution in [2.75, 3.05) is 5.32 Å². The van der Waals surface area contributed by atoms with Crippen molar-refractivity contribution in [3.8, 4) is 0 Å². The van der Waals surface area contributed by atoms with E-state index >= 15 is 0 Å². The van der Waals surface area contributed by atoms with Gasteiger partial charge in [-0.2, -0.15) is 0 Å². The molecule has 0 aliphatic heterocycles. The van der Waals surface area contributed by atoms with E-state index < -0.39 is 4.92 Å². The van der Waals surface area contributed by atoms with Crippen LogP contribution in [-0.4, -0.2) is 4.92 Å². The van der Waals surface area contributed by atoms with E-state index in [1.165, 1.54) is 6.07 Å².